The van der Waals surface area contributed by atoms with Gasteiger partial charge in [0.25, 0.3) is 0 Å². The maximum Gasteiger partial charge on any atom is 0.410 e. The van der Waals surface area contributed by atoms with Gasteiger partial charge in [-0.15, -0.1) is 18.3 Å². The molecular formula is C46H64N2O11S. The van der Waals surface area contributed by atoms with Crippen molar-refractivity contribution in [2.45, 2.75) is 100 Å². The Balaban J connectivity index is 1.56. The van der Waals surface area contributed by atoms with E-state index in [1.165, 1.54) is 0 Å². The highest BCUT2D eigenvalue weighted by molar-refractivity contribution is 7.98. The minimum Gasteiger partial charge on any atom is -0.459 e. The number of oxime groups is 1. The van der Waals surface area contributed by atoms with E-state index in [4.69, 9.17) is 38.4 Å². The Kier molecular flexibility index (Phi) is 17.6. The van der Waals surface area contributed by atoms with Crippen LogP contribution in [0.3, 0.4) is 0 Å². The predicted octanol–water partition coefficient (Wildman–Crippen LogP) is 7.83. The van der Waals surface area contributed by atoms with E-state index in [2.05, 4.69) is 18.7 Å². The SMILES string of the molecule is C=CCO[C@@]12Oc3ccc(Oc4ccc(SC)cc4)cc3[C@H]3[C@H](CCCCO)[C@@H](CCCCO)C=C(C(=NOC4CCCCO4)C[C@@H]1N(CCOCCO)C(=O)OCC)[C@H]32. The molecule has 2 fully saturated rings. The van der Waals surface area contributed by atoms with E-state index in [1.54, 1.807) is 29.7 Å². The highest BCUT2D eigenvalue weighted by atomic mass is 32.2. The van der Waals surface area contributed by atoms with Crippen LogP contribution in [0.15, 0.2) is 76.8 Å². The molecule has 3 N–H and O–H groups in total. The summed E-state index contributed by atoms with van der Waals surface area (Å²) in [6.45, 7) is 7.05. The van der Waals surface area contributed by atoms with Gasteiger partial charge in [0.2, 0.25) is 12.1 Å². The van der Waals surface area contributed by atoms with Crippen LogP contribution < -0.4 is 9.47 Å². The van der Waals surface area contributed by atoms with Crippen molar-refractivity contribution in [1.29, 1.82) is 0 Å². The first-order valence-corrected chi connectivity index (χ1v) is 22.9. The van der Waals surface area contributed by atoms with E-state index < -0.39 is 30.1 Å². The van der Waals surface area contributed by atoms with E-state index in [0.717, 1.165) is 54.6 Å². The van der Waals surface area contributed by atoms with Gasteiger partial charge in [-0.25, -0.2) is 4.79 Å². The number of benzene rings is 2. The molecule has 0 radical (unpaired) electrons. The Labute approximate surface area is 359 Å². The van der Waals surface area contributed by atoms with Gasteiger partial charge >= 0.3 is 6.09 Å². The number of thioether (sulfide) groups is 1. The number of nitrogens with zero attached hydrogens (tertiary/aromatic N) is 2. The summed E-state index contributed by atoms with van der Waals surface area (Å²) in [7, 11) is 0. The number of carbonyl (C=O) groups is 1. The fourth-order valence-electron chi connectivity index (χ4n) is 9.32. The molecule has 0 spiro atoms. The number of aliphatic hydroxyl groups excluding tert-OH is 3. The number of fused-ring (bicyclic) bond motifs is 2. The van der Waals surface area contributed by atoms with E-state index in [-0.39, 0.29) is 77.0 Å². The molecule has 14 heteroatoms. The molecule has 13 nitrogen and oxygen atoms in total. The Morgan fingerprint density at radius 1 is 1.02 bits per heavy atom. The number of hydrogen-bond acceptors (Lipinski definition) is 13. The molecule has 1 amide bonds. The predicted molar refractivity (Wildman–Crippen MR) is 230 cm³/mol. The number of amides is 1. The number of hydrogen-bond donors (Lipinski definition) is 3. The Bertz CT molecular complexity index is 1730. The van der Waals surface area contributed by atoms with Crippen molar-refractivity contribution in [3.8, 4) is 17.2 Å². The summed E-state index contributed by atoms with van der Waals surface area (Å²) < 4.78 is 38.3. The summed E-state index contributed by atoms with van der Waals surface area (Å²) in [5.41, 5.74) is 2.55. The largest absolute Gasteiger partial charge is 0.459 e. The molecule has 6 rings (SSSR count). The fraction of sp³-hybridized carbons (Fsp3) is 0.609. The lowest BCUT2D eigenvalue weighted by molar-refractivity contribution is -0.256. The van der Waals surface area contributed by atoms with E-state index in [9.17, 15) is 20.1 Å². The van der Waals surface area contributed by atoms with Crippen LogP contribution in [0.25, 0.3) is 0 Å². The second-order valence-corrected chi connectivity index (χ2v) is 16.6. The molecule has 1 unspecified atom stereocenters. The van der Waals surface area contributed by atoms with Gasteiger partial charge in [0.05, 0.1) is 51.3 Å². The van der Waals surface area contributed by atoms with Gasteiger partial charge in [-0.2, -0.15) is 0 Å². The van der Waals surface area contributed by atoms with Crippen molar-refractivity contribution in [2.75, 3.05) is 65.7 Å². The van der Waals surface area contributed by atoms with E-state index in [1.807, 2.05) is 42.7 Å². The van der Waals surface area contributed by atoms with Crippen LogP contribution in [0.1, 0.15) is 82.6 Å². The summed E-state index contributed by atoms with van der Waals surface area (Å²) in [6, 6.07) is 13.1. The maximum absolute atomic E-state index is 14.2. The van der Waals surface area contributed by atoms with Gasteiger partial charge in [0.1, 0.15) is 23.3 Å². The fourth-order valence-corrected chi connectivity index (χ4v) is 9.73. The van der Waals surface area contributed by atoms with Gasteiger partial charge < -0.3 is 48.6 Å². The third-order valence-electron chi connectivity index (χ3n) is 11.9. The van der Waals surface area contributed by atoms with Crippen LogP contribution in [0.2, 0.25) is 0 Å². The van der Waals surface area contributed by atoms with Crippen molar-refractivity contribution < 1.29 is 53.4 Å². The first kappa shape index (κ1) is 45.9. The molecule has 2 aliphatic heterocycles. The number of unbranched alkanes of at least 4 members (excludes halogenated alkanes) is 2. The lowest BCUT2D eigenvalue weighted by Crippen LogP contribution is -2.70. The van der Waals surface area contributed by atoms with Crippen LogP contribution in [-0.4, -0.2) is 116 Å². The number of ether oxygens (including phenoxy) is 6. The van der Waals surface area contributed by atoms with Crippen molar-refractivity contribution in [3.63, 3.8) is 0 Å². The zero-order chi connectivity index (χ0) is 42.3. The molecule has 2 aromatic rings. The lowest BCUT2D eigenvalue weighted by atomic mass is 9.55. The molecule has 2 aliphatic carbocycles. The molecule has 1 saturated carbocycles. The molecule has 7 atom stereocenters. The second-order valence-electron chi connectivity index (χ2n) is 15.7. The topological polar surface area (TPSA) is 158 Å². The summed E-state index contributed by atoms with van der Waals surface area (Å²) >= 11 is 1.67. The number of aliphatic hydroxyl groups is 3. The van der Waals surface area contributed by atoms with Crippen LogP contribution in [0.5, 0.6) is 17.2 Å². The van der Waals surface area contributed by atoms with Crippen molar-refractivity contribution >= 4 is 23.6 Å². The zero-order valence-electron chi connectivity index (χ0n) is 35.2. The van der Waals surface area contributed by atoms with Crippen LogP contribution in [0.4, 0.5) is 4.79 Å². The Hall–Kier alpha value is -3.63. The highest BCUT2D eigenvalue weighted by Crippen LogP contribution is 2.62. The maximum atomic E-state index is 14.2. The Morgan fingerprint density at radius 2 is 1.80 bits per heavy atom. The zero-order valence-corrected chi connectivity index (χ0v) is 36.0. The first-order chi connectivity index (χ1) is 29.4. The van der Waals surface area contributed by atoms with Gasteiger partial charge in [-0.3, -0.25) is 4.90 Å². The van der Waals surface area contributed by atoms with E-state index >= 15 is 0 Å². The first-order valence-electron chi connectivity index (χ1n) is 21.7. The van der Waals surface area contributed by atoms with Crippen molar-refractivity contribution in [1.82, 2.24) is 4.90 Å². The minimum atomic E-state index is -1.46. The average molecular weight is 853 g/mol. The van der Waals surface area contributed by atoms with Gasteiger partial charge in [0.15, 0.2) is 0 Å². The summed E-state index contributed by atoms with van der Waals surface area (Å²) in [4.78, 5) is 23.2. The number of carbonyl (C=O) groups excluding carboxylic acids is 1. The smallest absolute Gasteiger partial charge is 0.410 e. The molecule has 2 aromatic carbocycles. The summed E-state index contributed by atoms with van der Waals surface area (Å²) in [5.74, 6) is -0.0930. The van der Waals surface area contributed by atoms with E-state index in [0.29, 0.717) is 48.8 Å². The Morgan fingerprint density at radius 3 is 2.50 bits per heavy atom. The molecule has 0 bridgehead atoms. The second kappa shape index (κ2) is 23.0. The van der Waals surface area contributed by atoms with Gasteiger partial charge in [-0.05, 0) is 112 Å². The molecule has 0 aromatic heterocycles. The highest BCUT2D eigenvalue weighted by Gasteiger charge is 2.65. The molecule has 60 heavy (non-hydrogen) atoms. The van der Waals surface area contributed by atoms with Gasteiger partial charge in [-0.1, -0.05) is 30.1 Å². The lowest BCUT2D eigenvalue weighted by Gasteiger charge is -2.59. The van der Waals surface area contributed by atoms with Gasteiger partial charge in [0, 0.05) is 49.0 Å². The molecular weight excluding hydrogens is 789 g/mol. The third kappa shape index (κ3) is 10.9. The van der Waals surface area contributed by atoms with Crippen LogP contribution in [0, 0.1) is 17.8 Å². The monoisotopic (exact) mass is 852 g/mol. The van der Waals surface area contributed by atoms with Crippen LogP contribution >= 0.6 is 11.8 Å². The molecule has 1 saturated heterocycles. The van der Waals surface area contributed by atoms with Crippen LogP contribution in [-0.2, 0) is 23.8 Å². The molecule has 2 heterocycles. The molecule has 330 valence electrons. The minimum absolute atomic E-state index is 0.0426. The average Bonchev–Trinajstić information content (AvgIpc) is 3.27. The van der Waals surface area contributed by atoms with Crippen molar-refractivity contribution in [2.24, 2.45) is 22.9 Å². The standard InChI is InChI=1S/C46H64N2O11S/c1-4-25-56-46-41(48(45(52)54-5-2)21-27-53-28-24-51)31-39(47-59-42-14-8-11-26-55-42)37-29-32(12-6-9-22-49)36(13-7-10-23-50)43(44(37)46)38-30-34(17-20-40(38)58-46)57-33-15-18-35(60-3)19-16-33/h4,15-20,29-30,32,36,41-44,49-51H,1,5-14,21-28,31H2,2-3H3/t32-,36+,41-,42?,43+,44+,46+/m0/s1. The third-order valence-corrected chi connectivity index (χ3v) is 12.7. The normalized spacial score (nSPS) is 26.3. The molecule has 4 aliphatic rings. The summed E-state index contributed by atoms with van der Waals surface area (Å²) in [5, 5.41) is 34.3. The summed E-state index contributed by atoms with van der Waals surface area (Å²) in [6.07, 6.45) is 12.4. The number of allylic oxidation sites excluding steroid dienone is 1. The quantitative estimate of drug-likeness (QED) is 0.0432. The van der Waals surface area contributed by atoms with Crippen molar-refractivity contribution in [3.05, 3.63) is 72.3 Å². The number of rotatable bonds is 23.